The highest BCUT2D eigenvalue weighted by Gasteiger charge is 2.05. The summed E-state index contributed by atoms with van der Waals surface area (Å²) in [6.45, 7) is 0.427. The molecule has 3 N–H and O–H groups in total. The fraction of sp³-hybridized carbons (Fsp3) is 0.0909. The third-order valence-electron chi connectivity index (χ3n) is 2.26. The number of halogens is 1. The van der Waals surface area contributed by atoms with Gasteiger partial charge in [-0.3, -0.25) is 4.68 Å². The minimum atomic E-state index is -0.434. The van der Waals surface area contributed by atoms with Crippen molar-refractivity contribution in [2.45, 2.75) is 6.54 Å². The van der Waals surface area contributed by atoms with Crippen molar-refractivity contribution in [2.24, 2.45) is 10.9 Å². The van der Waals surface area contributed by atoms with E-state index in [1.807, 2.05) is 0 Å². The van der Waals surface area contributed by atoms with Gasteiger partial charge in [0.05, 0.1) is 6.54 Å². The summed E-state index contributed by atoms with van der Waals surface area (Å²) < 4.78 is 15.0. The molecule has 17 heavy (non-hydrogen) atoms. The Morgan fingerprint density at radius 3 is 2.94 bits per heavy atom. The lowest BCUT2D eigenvalue weighted by atomic mass is 10.1. The van der Waals surface area contributed by atoms with E-state index >= 15 is 0 Å². The van der Waals surface area contributed by atoms with Crippen LogP contribution in [0, 0.1) is 5.82 Å². The monoisotopic (exact) mass is 234 g/mol. The first-order chi connectivity index (χ1) is 8.19. The molecular weight excluding hydrogens is 223 g/mol. The molecule has 1 heterocycles. The molecule has 6 heteroatoms. The third-order valence-corrected chi connectivity index (χ3v) is 2.26. The molecule has 0 unspecified atom stereocenters. The van der Waals surface area contributed by atoms with Gasteiger partial charge in [0.15, 0.2) is 5.84 Å². The number of hydrogen-bond donors (Lipinski definition) is 2. The lowest BCUT2D eigenvalue weighted by Gasteiger charge is -2.05. The molecule has 0 bridgehead atoms. The van der Waals surface area contributed by atoms with Crippen molar-refractivity contribution in [1.29, 1.82) is 0 Å². The molecule has 0 amide bonds. The van der Waals surface area contributed by atoms with Gasteiger partial charge < -0.3 is 10.9 Å². The average molecular weight is 234 g/mol. The Morgan fingerprint density at radius 1 is 1.47 bits per heavy atom. The zero-order valence-corrected chi connectivity index (χ0v) is 8.92. The van der Waals surface area contributed by atoms with Crippen molar-refractivity contribution in [2.75, 3.05) is 0 Å². The minimum Gasteiger partial charge on any atom is -0.409 e. The van der Waals surface area contributed by atoms with Gasteiger partial charge in [0.25, 0.3) is 0 Å². The van der Waals surface area contributed by atoms with Crippen molar-refractivity contribution in [3.63, 3.8) is 0 Å². The van der Waals surface area contributed by atoms with Gasteiger partial charge in [-0.05, 0) is 29.8 Å². The van der Waals surface area contributed by atoms with Crippen LogP contribution in [0.5, 0.6) is 0 Å². The van der Waals surface area contributed by atoms with Gasteiger partial charge in [0.1, 0.15) is 5.82 Å². The van der Waals surface area contributed by atoms with Gasteiger partial charge >= 0.3 is 0 Å². The van der Waals surface area contributed by atoms with Crippen LogP contribution >= 0.6 is 0 Å². The number of benzene rings is 1. The van der Waals surface area contributed by atoms with Gasteiger partial charge in [0, 0.05) is 18.0 Å². The highest BCUT2D eigenvalue weighted by Crippen LogP contribution is 2.10. The molecule has 2 rings (SSSR count). The molecule has 0 spiro atoms. The van der Waals surface area contributed by atoms with Crippen LogP contribution in [0.3, 0.4) is 0 Å². The third kappa shape index (κ3) is 2.60. The summed E-state index contributed by atoms with van der Waals surface area (Å²) >= 11 is 0. The summed E-state index contributed by atoms with van der Waals surface area (Å²) in [6.07, 6.45) is 3.41. The Balaban J connectivity index is 2.32. The SMILES string of the molecule is N/C(=N/O)c1cc(F)cc(Cn2cccn2)c1. The van der Waals surface area contributed by atoms with E-state index in [0.717, 1.165) is 0 Å². The summed E-state index contributed by atoms with van der Waals surface area (Å²) in [5.74, 6) is -0.553. The van der Waals surface area contributed by atoms with E-state index in [4.69, 9.17) is 10.9 Å². The van der Waals surface area contributed by atoms with E-state index in [2.05, 4.69) is 10.3 Å². The van der Waals surface area contributed by atoms with Crippen LogP contribution in [0.25, 0.3) is 0 Å². The van der Waals surface area contributed by atoms with Crippen LogP contribution in [-0.4, -0.2) is 20.8 Å². The second-order valence-electron chi connectivity index (χ2n) is 3.54. The Hall–Kier alpha value is -2.37. The second-order valence-corrected chi connectivity index (χ2v) is 3.54. The van der Waals surface area contributed by atoms with E-state index < -0.39 is 5.82 Å². The molecule has 0 radical (unpaired) electrons. The maximum absolute atomic E-state index is 13.3. The first-order valence-corrected chi connectivity index (χ1v) is 4.94. The number of rotatable bonds is 3. The Morgan fingerprint density at radius 2 is 2.29 bits per heavy atom. The van der Waals surface area contributed by atoms with Gasteiger partial charge in [-0.25, -0.2) is 4.39 Å². The molecule has 0 saturated carbocycles. The molecule has 1 aromatic carbocycles. The van der Waals surface area contributed by atoms with Crippen LogP contribution in [-0.2, 0) is 6.54 Å². The maximum atomic E-state index is 13.3. The standard InChI is InChI=1S/C11H11FN4O/c12-10-5-8(7-16-3-1-2-14-16)4-9(6-10)11(13)15-17/h1-6,17H,7H2,(H2,13,15). The van der Waals surface area contributed by atoms with Gasteiger partial charge in [0.2, 0.25) is 0 Å². The average Bonchev–Trinajstić information content (AvgIpc) is 2.80. The van der Waals surface area contributed by atoms with Gasteiger partial charge in [-0.2, -0.15) is 5.10 Å². The molecule has 0 fully saturated rings. The molecule has 88 valence electrons. The molecule has 0 atom stereocenters. The molecule has 1 aromatic heterocycles. The molecule has 0 saturated heterocycles. The summed E-state index contributed by atoms with van der Waals surface area (Å²) in [7, 11) is 0. The minimum absolute atomic E-state index is 0.119. The quantitative estimate of drug-likeness (QED) is 0.362. The van der Waals surface area contributed by atoms with E-state index in [0.29, 0.717) is 17.7 Å². The van der Waals surface area contributed by atoms with Crippen molar-refractivity contribution in [3.05, 3.63) is 53.6 Å². The summed E-state index contributed by atoms with van der Waals surface area (Å²) in [5.41, 5.74) is 6.45. The number of nitrogens with two attached hydrogens (primary N) is 1. The predicted molar refractivity (Wildman–Crippen MR) is 60.2 cm³/mol. The summed E-state index contributed by atoms with van der Waals surface area (Å²) in [4.78, 5) is 0. The largest absolute Gasteiger partial charge is 0.409 e. The Bertz CT molecular complexity index is 536. The highest BCUT2D eigenvalue weighted by molar-refractivity contribution is 5.97. The smallest absolute Gasteiger partial charge is 0.170 e. The van der Waals surface area contributed by atoms with E-state index in [1.165, 1.54) is 12.1 Å². The molecule has 0 aliphatic heterocycles. The molecule has 0 aliphatic rings. The predicted octanol–water partition coefficient (Wildman–Crippen LogP) is 1.17. The number of aromatic nitrogens is 2. The van der Waals surface area contributed by atoms with Gasteiger partial charge in [-0.1, -0.05) is 5.16 Å². The highest BCUT2D eigenvalue weighted by atomic mass is 19.1. The lowest BCUT2D eigenvalue weighted by Crippen LogP contribution is -2.14. The number of amidine groups is 1. The fourth-order valence-corrected chi connectivity index (χ4v) is 1.53. The zero-order valence-electron chi connectivity index (χ0n) is 8.92. The summed E-state index contributed by atoms with van der Waals surface area (Å²) in [6, 6.07) is 6.03. The fourth-order valence-electron chi connectivity index (χ4n) is 1.53. The van der Waals surface area contributed by atoms with E-state index in [1.54, 1.807) is 29.2 Å². The van der Waals surface area contributed by atoms with Crippen molar-refractivity contribution >= 4 is 5.84 Å². The molecule has 5 nitrogen and oxygen atoms in total. The van der Waals surface area contributed by atoms with Crippen LogP contribution in [0.2, 0.25) is 0 Å². The Kier molecular flexibility index (Phi) is 3.04. The maximum Gasteiger partial charge on any atom is 0.170 e. The van der Waals surface area contributed by atoms with Crippen LogP contribution in [0.15, 0.2) is 41.8 Å². The Labute approximate surface area is 97.0 Å². The van der Waals surface area contributed by atoms with Crippen LogP contribution in [0.1, 0.15) is 11.1 Å². The van der Waals surface area contributed by atoms with Crippen LogP contribution in [0.4, 0.5) is 4.39 Å². The number of nitrogens with zero attached hydrogens (tertiary/aromatic N) is 3. The molecule has 2 aromatic rings. The number of oxime groups is 1. The number of hydrogen-bond acceptors (Lipinski definition) is 3. The van der Waals surface area contributed by atoms with Crippen molar-refractivity contribution < 1.29 is 9.60 Å². The van der Waals surface area contributed by atoms with Gasteiger partial charge in [-0.15, -0.1) is 0 Å². The normalized spacial score (nSPS) is 11.7. The zero-order chi connectivity index (χ0) is 12.3. The molecular formula is C11H11FN4O. The first-order valence-electron chi connectivity index (χ1n) is 4.94. The first kappa shape index (κ1) is 11.1. The lowest BCUT2D eigenvalue weighted by molar-refractivity contribution is 0.318. The molecule has 0 aliphatic carbocycles. The van der Waals surface area contributed by atoms with E-state index in [-0.39, 0.29) is 5.84 Å². The van der Waals surface area contributed by atoms with Crippen molar-refractivity contribution in [3.8, 4) is 0 Å². The summed E-state index contributed by atoms with van der Waals surface area (Å²) in [5, 5.41) is 15.4. The topological polar surface area (TPSA) is 76.4 Å². The van der Waals surface area contributed by atoms with Crippen molar-refractivity contribution in [1.82, 2.24) is 9.78 Å². The van der Waals surface area contributed by atoms with E-state index in [9.17, 15) is 4.39 Å². The van der Waals surface area contributed by atoms with Crippen LogP contribution < -0.4 is 5.73 Å². The second kappa shape index (κ2) is 4.65.